The lowest BCUT2D eigenvalue weighted by Gasteiger charge is -2.12. The molecule has 0 aliphatic carbocycles. The molecule has 0 saturated heterocycles. The van der Waals surface area contributed by atoms with Gasteiger partial charge in [-0.25, -0.2) is 0 Å². The van der Waals surface area contributed by atoms with E-state index in [1.54, 1.807) is 0 Å². The smallest absolute Gasteiger partial charge is 0.131 e. The first kappa shape index (κ1) is 8.27. The molecule has 0 unspecified atom stereocenters. The van der Waals surface area contributed by atoms with E-state index in [1.807, 2.05) is 12.1 Å². The summed E-state index contributed by atoms with van der Waals surface area (Å²) in [4.78, 5) is 4.17. The summed E-state index contributed by atoms with van der Waals surface area (Å²) in [5.74, 6) is 0. The third-order valence-electron chi connectivity index (χ3n) is 1.93. The lowest BCUT2D eigenvalue weighted by molar-refractivity contribution is 0.949. The summed E-state index contributed by atoms with van der Waals surface area (Å²) in [5, 5.41) is 0.637. The molecule has 1 aromatic carbocycles. The highest BCUT2D eigenvalue weighted by Crippen LogP contribution is 2.22. The number of halogens is 2. The van der Waals surface area contributed by atoms with Crippen LogP contribution in [0.2, 0.25) is 0 Å². The van der Waals surface area contributed by atoms with Crippen LogP contribution in [0.5, 0.6) is 0 Å². The van der Waals surface area contributed by atoms with E-state index in [0.29, 0.717) is 5.17 Å². The molecule has 1 aliphatic rings. The Hall–Kier alpha value is -0.340. The van der Waals surface area contributed by atoms with Gasteiger partial charge in [0.15, 0.2) is 0 Å². The van der Waals surface area contributed by atoms with Crippen LogP contribution in [-0.2, 0) is 6.42 Å². The van der Waals surface area contributed by atoms with Crippen LogP contribution in [0.1, 0.15) is 11.1 Å². The first-order valence-electron chi connectivity index (χ1n) is 3.76. The van der Waals surface area contributed by atoms with E-state index < -0.39 is 0 Å². The number of aliphatic imine (C=N–C) groups is 1. The van der Waals surface area contributed by atoms with Crippen LogP contribution in [0.25, 0.3) is 0 Å². The topological polar surface area (TPSA) is 12.4 Å². The van der Waals surface area contributed by atoms with Crippen molar-refractivity contribution in [2.24, 2.45) is 4.99 Å². The second kappa shape index (κ2) is 3.19. The molecule has 0 atom stereocenters. The highest BCUT2D eigenvalue weighted by molar-refractivity contribution is 9.10. The summed E-state index contributed by atoms with van der Waals surface area (Å²) >= 11 is 9.35. The number of nitrogens with zero attached hydrogens (tertiary/aromatic N) is 1. The Balaban J connectivity index is 2.58. The van der Waals surface area contributed by atoms with Crippen molar-refractivity contribution < 1.29 is 0 Å². The minimum atomic E-state index is 0.637. The van der Waals surface area contributed by atoms with E-state index in [-0.39, 0.29) is 0 Å². The van der Waals surface area contributed by atoms with Crippen LogP contribution in [0.15, 0.2) is 27.7 Å². The van der Waals surface area contributed by atoms with Crippen LogP contribution >= 0.6 is 27.5 Å². The Bertz CT molecular complexity index is 346. The molecule has 0 spiro atoms. The maximum atomic E-state index is 5.95. The van der Waals surface area contributed by atoms with Crippen LogP contribution in [0, 0.1) is 0 Å². The first-order chi connectivity index (χ1) is 5.77. The number of rotatable bonds is 0. The summed E-state index contributed by atoms with van der Waals surface area (Å²) in [5.41, 5.74) is 2.36. The van der Waals surface area contributed by atoms with Crippen LogP contribution in [0.3, 0.4) is 0 Å². The Kier molecular flexibility index (Phi) is 2.20. The lowest BCUT2D eigenvalue weighted by atomic mass is 10.0. The summed E-state index contributed by atoms with van der Waals surface area (Å²) in [6.07, 6.45) is 0.999. The van der Waals surface area contributed by atoms with Crippen molar-refractivity contribution in [2.45, 2.75) is 6.42 Å². The molecular weight excluding hydrogens is 237 g/mol. The maximum Gasteiger partial charge on any atom is 0.131 e. The van der Waals surface area contributed by atoms with E-state index in [9.17, 15) is 0 Å². The standard InChI is InChI=1S/C9H7BrClN/c10-7-2-1-6-3-4-12-9(11)8(6)5-7/h1-2,5H,3-4H2. The van der Waals surface area contributed by atoms with Crippen molar-refractivity contribution in [2.75, 3.05) is 6.54 Å². The molecule has 1 aromatic rings. The minimum absolute atomic E-state index is 0.637. The van der Waals surface area contributed by atoms with Crippen molar-refractivity contribution in [3.05, 3.63) is 33.8 Å². The Morgan fingerprint density at radius 2 is 2.25 bits per heavy atom. The average molecular weight is 245 g/mol. The molecule has 0 radical (unpaired) electrons. The van der Waals surface area contributed by atoms with Gasteiger partial charge in [0.25, 0.3) is 0 Å². The number of hydrogen-bond donors (Lipinski definition) is 0. The van der Waals surface area contributed by atoms with Gasteiger partial charge in [0, 0.05) is 16.6 Å². The van der Waals surface area contributed by atoms with Gasteiger partial charge in [-0.1, -0.05) is 33.6 Å². The van der Waals surface area contributed by atoms with Crippen LogP contribution in [0.4, 0.5) is 0 Å². The quantitative estimate of drug-likeness (QED) is 0.665. The summed E-state index contributed by atoms with van der Waals surface area (Å²) in [7, 11) is 0. The second-order valence-electron chi connectivity index (χ2n) is 2.72. The molecule has 1 heterocycles. The fourth-order valence-electron chi connectivity index (χ4n) is 1.32. The molecule has 3 heteroatoms. The molecule has 0 amide bonds. The Labute approximate surface area is 84.6 Å². The van der Waals surface area contributed by atoms with Gasteiger partial charge in [0.05, 0.1) is 0 Å². The highest BCUT2D eigenvalue weighted by Gasteiger charge is 2.11. The molecule has 2 rings (SSSR count). The third-order valence-corrected chi connectivity index (χ3v) is 2.74. The normalized spacial score (nSPS) is 15.3. The predicted octanol–water partition coefficient (Wildman–Crippen LogP) is 2.99. The summed E-state index contributed by atoms with van der Waals surface area (Å²) in [6, 6.07) is 6.14. The van der Waals surface area contributed by atoms with Gasteiger partial charge in [0.2, 0.25) is 0 Å². The molecule has 62 valence electrons. The highest BCUT2D eigenvalue weighted by atomic mass is 79.9. The first-order valence-corrected chi connectivity index (χ1v) is 4.93. The monoisotopic (exact) mass is 243 g/mol. The van der Waals surface area contributed by atoms with Gasteiger partial charge in [-0.15, -0.1) is 0 Å². The van der Waals surface area contributed by atoms with E-state index >= 15 is 0 Å². The zero-order chi connectivity index (χ0) is 8.55. The molecule has 0 saturated carbocycles. The molecule has 1 nitrogen and oxygen atoms in total. The fourth-order valence-corrected chi connectivity index (χ4v) is 1.94. The van der Waals surface area contributed by atoms with Crippen LogP contribution < -0.4 is 0 Å². The second-order valence-corrected chi connectivity index (χ2v) is 4.00. The van der Waals surface area contributed by atoms with E-state index in [4.69, 9.17) is 11.6 Å². The molecule has 0 aromatic heterocycles. The number of fused-ring (bicyclic) bond motifs is 1. The van der Waals surface area contributed by atoms with Gasteiger partial charge >= 0.3 is 0 Å². The van der Waals surface area contributed by atoms with Crippen molar-refractivity contribution >= 4 is 32.7 Å². The molecule has 1 aliphatic heterocycles. The third kappa shape index (κ3) is 1.41. The Morgan fingerprint density at radius 3 is 3.08 bits per heavy atom. The Morgan fingerprint density at radius 1 is 1.42 bits per heavy atom. The average Bonchev–Trinajstić information content (AvgIpc) is 2.07. The van der Waals surface area contributed by atoms with Crippen molar-refractivity contribution in [1.82, 2.24) is 0 Å². The molecular formula is C9H7BrClN. The fraction of sp³-hybridized carbons (Fsp3) is 0.222. The van der Waals surface area contributed by atoms with E-state index in [1.165, 1.54) is 5.56 Å². The minimum Gasteiger partial charge on any atom is -0.272 e. The SMILES string of the molecule is ClC1=NCCc2ccc(Br)cc21. The largest absolute Gasteiger partial charge is 0.272 e. The van der Waals surface area contributed by atoms with Gasteiger partial charge in [-0.3, -0.25) is 4.99 Å². The number of hydrogen-bond acceptors (Lipinski definition) is 1. The zero-order valence-electron chi connectivity index (χ0n) is 6.35. The van der Waals surface area contributed by atoms with Gasteiger partial charge < -0.3 is 0 Å². The van der Waals surface area contributed by atoms with Crippen molar-refractivity contribution in [3.8, 4) is 0 Å². The molecule has 0 N–H and O–H groups in total. The van der Waals surface area contributed by atoms with Crippen LogP contribution in [-0.4, -0.2) is 11.7 Å². The summed E-state index contributed by atoms with van der Waals surface area (Å²) in [6.45, 7) is 0.813. The zero-order valence-corrected chi connectivity index (χ0v) is 8.69. The van der Waals surface area contributed by atoms with Crippen molar-refractivity contribution in [3.63, 3.8) is 0 Å². The van der Waals surface area contributed by atoms with Gasteiger partial charge in [-0.2, -0.15) is 0 Å². The number of benzene rings is 1. The lowest BCUT2D eigenvalue weighted by Crippen LogP contribution is -2.07. The van der Waals surface area contributed by atoms with Gasteiger partial charge in [0.1, 0.15) is 5.17 Å². The van der Waals surface area contributed by atoms with E-state index in [2.05, 4.69) is 27.0 Å². The van der Waals surface area contributed by atoms with Gasteiger partial charge in [-0.05, 0) is 24.1 Å². The maximum absolute atomic E-state index is 5.95. The van der Waals surface area contributed by atoms with E-state index in [0.717, 1.165) is 23.0 Å². The molecule has 0 fully saturated rings. The van der Waals surface area contributed by atoms with Crippen molar-refractivity contribution in [1.29, 1.82) is 0 Å². The predicted molar refractivity (Wildman–Crippen MR) is 55.1 cm³/mol. The summed E-state index contributed by atoms with van der Waals surface area (Å²) < 4.78 is 1.05. The molecule has 0 bridgehead atoms. The molecule has 12 heavy (non-hydrogen) atoms.